The van der Waals surface area contributed by atoms with Crippen molar-refractivity contribution >= 4 is 0 Å². The summed E-state index contributed by atoms with van der Waals surface area (Å²) in [5.74, 6) is 0.673. The van der Waals surface area contributed by atoms with Crippen LogP contribution in [0.1, 0.15) is 78.2 Å². The minimum Gasteiger partial charge on any atom is -0.472 e. The van der Waals surface area contributed by atoms with Gasteiger partial charge in [-0.3, -0.25) is 0 Å². The number of aliphatic hydroxyl groups excluding tert-OH is 3. The normalized spacial score (nSPS) is 52.2. The Bertz CT molecular complexity index is 856. The van der Waals surface area contributed by atoms with E-state index in [4.69, 9.17) is 4.42 Å². The van der Waals surface area contributed by atoms with Crippen LogP contribution in [0.15, 0.2) is 34.7 Å². The topological polar surface area (TPSA) is 73.8 Å². The van der Waals surface area contributed by atoms with Crippen molar-refractivity contribution in [2.24, 2.45) is 33.5 Å². The van der Waals surface area contributed by atoms with E-state index in [0.717, 1.165) is 19.3 Å². The molecule has 0 aromatic carbocycles. The maximum atomic E-state index is 11.7. The standard InChI is InChI=1S/C26H38O4/c1-23(2)19-12-21(28)25(4)17-7-6-16(15-9-11-30-14-15)24(17,3)10-8-18(25)26(19,5)22(29)13-20(23)27/h7,9,11,14,16,18-22,27-29H,6,8,10,12-13H2,1-5H3/t16-,18-,19-,20+,21+,22-,24-,25-,26+/m0/s1. The molecule has 0 saturated heterocycles. The summed E-state index contributed by atoms with van der Waals surface area (Å²) in [6.45, 7) is 11.1. The second kappa shape index (κ2) is 6.24. The third-order valence-corrected chi connectivity index (χ3v) is 10.7. The molecule has 3 N–H and O–H groups in total. The van der Waals surface area contributed by atoms with Crippen LogP contribution in [-0.2, 0) is 0 Å². The lowest BCUT2D eigenvalue weighted by atomic mass is 9.36. The fraction of sp³-hybridized carbons (Fsp3) is 0.769. The molecule has 4 heteroatoms. The maximum Gasteiger partial charge on any atom is 0.0937 e. The molecule has 3 fully saturated rings. The van der Waals surface area contributed by atoms with Crippen LogP contribution in [0.2, 0.25) is 0 Å². The molecule has 4 aliphatic rings. The van der Waals surface area contributed by atoms with Crippen molar-refractivity contribution in [3.8, 4) is 0 Å². The van der Waals surface area contributed by atoms with Crippen molar-refractivity contribution in [2.75, 3.05) is 0 Å². The third-order valence-electron chi connectivity index (χ3n) is 10.7. The second-order valence-corrected chi connectivity index (χ2v) is 12.0. The van der Waals surface area contributed by atoms with E-state index in [9.17, 15) is 15.3 Å². The predicted octanol–water partition coefficient (Wildman–Crippen LogP) is 4.65. The van der Waals surface area contributed by atoms with Gasteiger partial charge in [0.05, 0.1) is 30.8 Å². The number of hydrogen-bond donors (Lipinski definition) is 3. The molecular formula is C26H38O4. The molecule has 166 valence electrons. The van der Waals surface area contributed by atoms with E-state index in [1.54, 1.807) is 6.26 Å². The van der Waals surface area contributed by atoms with E-state index in [1.807, 2.05) is 6.26 Å². The molecule has 0 unspecified atom stereocenters. The van der Waals surface area contributed by atoms with Crippen LogP contribution in [-0.4, -0.2) is 33.6 Å². The second-order valence-electron chi connectivity index (χ2n) is 12.0. The minimum absolute atomic E-state index is 0.00789. The number of allylic oxidation sites excluding steroid dienone is 1. The molecular weight excluding hydrogens is 376 g/mol. The van der Waals surface area contributed by atoms with Gasteiger partial charge in [0.25, 0.3) is 0 Å². The Morgan fingerprint density at radius 1 is 0.933 bits per heavy atom. The number of fused-ring (bicyclic) bond motifs is 5. The lowest BCUT2D eigenvalue weighted by Gasteiger charge is -2.69. The van der Waals surface area contributed by atoms with Gasteiger partial charge in [0.15, 0.2) is 0 Å². The Morgan fingerprint density at radius 2 is 1.67 bits per heavy atom. The summed E-state index contributed by atoms with van der Waals surface area (Å²) in [4.78, 5) is 0. The summed E-state index contributed by atoms with van der Waals surface area (Å²) in [5, 5.41) is 33.8. The van der Waals surface area contributed by atoms with Crippen molar-refractivity contribution in [2.45, 2.75) is 91.0 Å². The fourth-order valence-electron chi connectivity index (χ4n) is 8.87. The summed E-state index contributed by atoms with van der Waals surface area (Å²) >= 11 is 0. The van der Waals surface area contributed by atoms with E-state index >= 15 is 0 Å². The highest BCUT2D eigenvalue weighted by atomic mass is 16.3. The van der Waals surface area contributed by atoms with Crippen molar-refractivity contribution in [3.63, 3.8) is 0 Å². The van der Waals surface area contributed by atoms with Crippen molar-refractivity contribution in [3.05, 3.63) is 35.8 Å². The maximum absolute atomic E-state index is 11.7. The smallest absolute Gasteiger partial charge is 0.0937 e. The van der Waals surface area contributed by atoms with Gasteiger partial charge in [-0.2, -0.15) is 0 Å². The molecule has 0 spiro atoms. The lowest BCUT2D eigenvalue weighted by Crippen LogP contribution is -2.69. The van der Waals surface area contributed by atoms with Crippen LogP contribution in [0, 0.1) is 33.5 Å². The Kier molecular flexibility index (Phi) is 4.32. The van der Waals surface area contributed by atoms with E-state index in [2.05, 4.69) is 46.8 Å². The summed E-state index contributed by atoms with van der Waals surface area (Å²) in [6, 6.07) is 2.09. The van der Waals surface area contributed by atoms with Gasteiger partial charge in [-0.15, -0.1) is 0 Å². The summed E-state index contributed by atoms with van der Waals surface area (Å²) in [7, 11) is 0. The number of hydrogen-bond acceptors (Lipinski definition) is 4. The quantitative estimate of drug-likeness (QED) is 0.585. The van der Waals surface area contributed by atoms with Crippen molar-refractivity contribution in [1.82, 2.24) is 0 Å². The molecule has 4 aliphatic carbocycles. The Hall–Kier alpha value is -1.10. The first-order chi connectivity index (χ1) is 14.0. The molecule has 3 saturated carbocycles. The van der Waals surface area contributed by atoms with Crippen LogP contribution in [0.5, 0.6) is 0 Å². The average Bonchev–Trinajstić information content (AvgIpc) is 3.31. The first kappa shape index (κ1) is 20.8. The number of aliphatic hydroxyl groups is 3. The highest BCUT2D eigenvalue weighted by Crippen LogP contribution is 2.73. The Morgan fingerprint density at radius 3 is 2.33 bits per heavy atom. The Balaban J connectivity index is 1.59. The molecule has 0 aliphatic heterocycles. The zero-order valence-corrected chi connectivity index (χ0v) is 19.1. The molecule has 1 heterocycles. The van der Waals surface area contributed by atoms with Gasteiger partial charge >= 0.3 is 0 Å². The van der Waals surface area contributed by atoms with E-state index < -0.39 is 18.3 Å². The zero-order chi connectivity index (χ0) is 21.7. The number of furan rings is 1. The van der Waals surface area contributed by atoms with Gasteiger partial charge in [0.1, 0.15) is 0 Å². The predicted molar refractivity (Wildman–Crippen MR) is 116 cm³/mol. The SMILES string of the molecule is CC1(C)[C@H](O)C[C@H](O)[C@@]2(C)[C@H]1C[C@@H](O)[C@@]1(C)C3=CC[C@@H](c4ccoc4)[C@]3(C)CC[C@@H]12. The molecule has 0 radical (unpaired) electrons. The molecule has 9 atom stereocenters. The highest BCUT2D eigenvalue weighted by molar-refractivity contribution is 5.40. The average molecular weight is 415 g/mol. The van der Waals surface area contributed by atoms with Gasteiger partial charge in [-0.25, -0.2) is 0 Å². The van der Waals surface area contributed by atoms with Crippen molar-refractivity contribution < 1.29 is 19.7 Å². The van der Waals surface area contributed by atoms with E-state index in [1.165, 1.54) is 11.1 Å². The van der Waals surface area contributed by atoms with E-state index in [0.29, 0.717) is 18.8 Å². The molecule has 0 amide bonds. The summed E-state index contributed by atoms with van der Waals surface area (Å²) in [6.07, 6.45) is 8.58. The van der Waals surface area contributed by atoms with Crippen LogP contribution >= 0.6 is 0 Å². The molecule has 1 aromatic rings. The monoisotopic (exact) mass is 414 g/mol. The van der Waals surface area contributed by atoms with Gasteiger partial charge in [0, 0.05) is 17.3 Å². The minimum atomic E-state index is -0.543. The third kappa shape index (κ3) is 2.28. The zero-order valence-electron chi connectivity index (χ0n) is 19.1. The first-order valence-corrected chi connectivity index (χ1v) is 11.8. The molecule has 4 nitrogen and oxygen atoms in total. The van der Waals surface area contributed by atoms with Gasteiger partial charge in [-0.05, 0) is 65.9 Å². The summed E-state index contributed by atoms with van der Waals surface area (Å²) < 4.78 is 5.41. The van der Waals surface area contributed by atoms with Gasteiger partial charge in [-0.1, -0.05) is 46.3 Å². The van der Waals surface area contributed by atoms with E-state index in [-0.39, 0.29) is 33.5 Å². The van der Waals surface area contributed by atoms with Crippen molar-refractivity contribution in [1.29, 1.82) is 0 Å². The molecule has 1 aromatic heterocycles. The Labute approximate surface area is 180 Å². The van der Waals surface area contributed by atoms with Crippen LogP contribution in [0.4, 0.5) is 0 Å². The van der Waals surface area contributed by atoms with Crippen LogP contribution < -0.4 is 0 Å². The largest absolute Gasteiger partial charge is 0.472 e. The van der Waals surface area contributed by atoms with Gasteiger partial charge in [0.2, 0.25) is 0 Å². The first-order valence-electron chi connectivity index (χ1n) is 11.8. The molecule has 30 heavy (non-hydrogen) atoms. The van der Waals surface area contributed by atoms with Gasteiger partial charge < -0.3 is 19.7 Å². The number of rotatable bonds is 1. The van der Waals surface area contributed by atoms with Crippen LogP contribution in [0.3, 0.4) is 0 Å². The molecule has 0 bridgehead atoms. The lowest BCUT2D eigenvalue weighted by molar-refractivity contribution is -0.250. The fourth-order valence-corrected chi connectivity index (χ4v) is 8.87. The highest BCUT2D eigenvalue weighted by Gasteiger charge is 2.70. The molecule has 5 rings (SSSR count). The van der Waals surface area contributed by atoms with Crippen LogP contribution in [0.25, 0.3) is 0 Å². The summed E-state index contributed by atoms with van der Waals surface area (Å²) in [5.41, 5.74) is 1.67.